The van der Waals surface area contributed by atoms with Gasteiger partial charge in [-0.1, -0.05) is 30.0 Å². The van der Waals surface area contributed by atoms with Gasteiger partial charge in [0.2, 0.25) is 0 Å². The molecule has 0 bridgehead atoms. The van der Waals surface area contributed by atoms with Gasteiger partial charge >= 0.3 is 86.1 Å². The first kappa shape index (κ1) is 27.9. The molecule has 0 atom stereocenters. The van der Waals surface area contributed by atoms with Crippen LogP contribution in [-0.4, -0.2) is 43.4 Å². The van der Waals surface area contributed by atoms with Crippen LogP contribution in [0.5, 0.6) is 0 Å². The van der Waals surface area contributed by atoms with Crippen molar-refractivity contribution < 1.29 is 23.5 Å². The number of carboxylic acids is 2. The van der Waals surface area contributed by atoms with Gasteiger partial charge in [0, 0.05) is 4.43 Å². The summed E-state index contributed by atoms with van der Waals surface area (Å²) in [5.41, 5.74) is 11.5. The number of alkyl halides is 1. The van der Waals surface area contributed by atoms with Gasteiger partial charge in [0.25, 0.3) is 0 Å². The molecule has 5 nitrogen and oxygen atoms in total. The summed E-state index contributed by atoms with van der Waals surface area (Å²) in [6.45, 7) is 0. The van der Waals surface area contributed by atoms with Gasteiger partial charge in [0.1, 0.15) is 0 Å². The molecule has 0 amide bonds. The molecule has 0 aliphatic carbocycles. The standard InChI is InChI=1S/C5H11AsO2.C3H9AsO.C2H3IO2.CH4/c1-6(2,3)4-5(7)8;1-4(2,3)5;3-1-2(4)5;/h4H2,1-3H3;1-3H3;1H2,(H,4,5);1H4/p-1. The number of halogens is 1. The Hall–Kier alpha value is 0.587. The molecule has 19 heavy (non-hydrogen) atoms. The molecule has 0 N–H and O–H groups in total. The zero-order valence-electron chi connectivity index (χ0n) is 11.7. The van der Waals surface area contributed by atoms with E-state index in [1.807, 2.05) is 17.1 Å². The van der Waals surface area contributed by atoms with E-state index in [9.17, 15) is 23.5 Å². The first-order valence-electron chi connectivity index (χ1n) is 4.97. The Kier molecular flexibility index (Phi) is 19.9. The number of carbonyl (C=O) groups excluding carboxylic acids is 2. The minimum atomic E-state index is -2.12. The van der Waals surface area contributed by atoms with E-state index in [1.165, 1.54) is 0 Å². The van der Waals surface area contributed by atoms with Gasteiger partial charge in [0.05, 0.1) is 5.97 Å². The number of hydrogen-bond acceptors (Lipinski definition) is 5. The molecule has 0 aromatic carbocycles. The summed E-state index contributed by atoms with van der Waals surface area (Å²) in [6.07, 6.45) is 0. The maximum atomic E-state index is 10.3. The second kappa shape index (κ2) is 13.6. The molecule has 0 rings (SSSR count). The van der Waals surface area contributed by atoms with Gasteiger partial charge in [-0.2, -0.15) is 0 Å². The fraction of sp³-hybridized carbons (Fsp3) is 0.818. The monoisotopic (exact) mass is 515 g/mol. The summed E-state index contributed by atoms with van der Waals surface area (Å²) >= 11 is -2.09. The van der Waals surface area contributed by atoms with E-state index in [4.69, 9.17) is 0 Å². The van der Waals surface area contributed by atoms with Crippen LogP contribution in [0.15, 0.2) is 0 Å². The molecule has 0 unspecified atom stereocenters. The summed E-state index contributed by atoms with van der Waals surface area (Å²) < 4.78 is 10.4. The van der Waals surface area contributed by atoms with Crippen LogP contribution in [0.25, 0.3) is 0 Å². The second-order valence-corrected chi connectivity index (χ2v) is 24.2. The molecule has 118 valence electrons. The molecule has 0 saturated heterocycles. The van der Waals surface area contributed by atoms with Crippen molar-refractivity contribution in [2.24, 2.45) is 0 Å². The van der Waals surface area contributed by atoms with E-state index >= 15 is 0 Å². The van der Waals surface area contributed by atoms with Gasteiger partial charge in [-0.25, -0.2) is 0 Å². The molecule has 0 aromatic rings. The van der Waals surface area contributed by atoms with Gasteiger partial charge in [-0.15, -0.1) is 0 Å². The number of hydrogen-bond donors (Lipinski definition) is 0. The maximum absolute atomic E-state index is 10.3. The van der Waals surface area contributed by atoms with E-state index in [1.54, 1.807) is 39.7 Å². The molecule has 0 aliphatic heterocycles. The Labute approximate surface area is 135 Å². The molecule has 0 fully saturated rings. The molecular weight excluding hydrogens is 489 g/mol. The van der Waals surface area contributed by atoms with Crippen LogP contribution in [0.1, 0.15) is 7.43 Å². The van der Waals surface area contributed by atoms with Gasteiger partial charge in [-0.3, -0.25) is 0 Å². The first-order valence-corrected chi connectivity index (χ1v) is 19.9. The van der Waals surface area contributed by atoms with Crippen molar-refractivity contribution in [2.75, 3.05) is 4.43 Å². The largest absolute Gasteiger partial charge is 0.549 e. The number of carbonyl (C=O) groups is 2. The third-order valence-electron chi connectivity index (χ3n) is 0.713. The van der Waals surface area contributed by atoms with E-state index in [2.05, 4.69) is 0 Å². The predicted molar refractivity (Wildman–Crippen MR) is 87.8 cm³/mol. The van der Waals surface area contributed by atoms with Crippen LogP contribution in [0.2, 0.25) is 39.5 Å². The number of carboxylic acid groups (broad SMARTS) is 2. The Balaban J connectivity index is -0.0000000906. The van der Waals surface area contributed by atoms with E-state index in [0.717, 1.165) is 0 Å². The minimum absolute atomic E-state index is 0. The van der Waals surface area contributed by atoms with Crippen molar-refractivity contribution in [2.45, 2.75) is 46.9 Å². The summed E-state index contributed by atoms with van der Waals surface area (Å²) in [6, 6.07) is 0. The Morgan fingerprint density at radius 2 is 1.26 bits per heavy atom. The average Bonchev–Trinajstić information content (AvgIpc) is 1.96. The van der Waals surface area contributed by atoms with Crippen molar-refractivity contribution in [3.05, 3.63) is 0 Å². The van der Waals surface area contributed by atoms with Gasteiger partial charge in [-0.05, 0) is 0 Å². The fourth-order valence-corrected chi connectivity index (χ4v) is 2.01. The second-order valence-electron chi connectivity index (χ2n) is 5.22. The van der Waals surface area contributed by atoms with Crippen molar-refractivity contribution in [1.82, 2.24) is 0 Å². The smallest absolute Gasteiger partial charge is 0.0511 e. The Morgan fingerprint density at radius 1 is 1.05 bits per heavy atom. The van der Waals surface area contributed by atoms with Crippen LogP contribution in [0, 0.1) is 0 Å². The van der Waals surface area contributed by atoms with Crippen molar-refractivity contribution >= 4 is 61.6 Å². The molecule has 0 radical (unpaired) electrons. The zero-order valence-corrected chi connectivity index (χ0v) is 17.6. The third-order valence-corrected chi connectivity index (χ3v) is 3.87. The molecular formula is C11H26As2IO5-. The average molecular weight is 515 g/mol. The quantitative estimate of drug-likeness (QED) is 0.319. The van der Waals surface area contributed by atoms with E-state index < -0.39 is 39.0 Å². The topological polar surface area (TPSA) is 97.3 Å². The van der Waals surface area contributed by atoms with E-state index in [-0.39, 0.29) is 11.9 Å². The van der Waals surface area contributed by atoms with Crippen LogP contribution < -0.4 is 10.2 Å². The van der Waals surface area contributed by atoms with Crippen molar-refractivity contribution in [1.29, 1.82) is 0 Å². The van der Waals surface area contributed by atoms with Crippen LogP contribution in [-0.2, 0) is 13.3 Å². The van der Waals surface area contributed by atoms with Gasteiger partial charge < -0.3 is 9.90 Å². The SMILES string of the molecule is C.C[As+](C)(C)CC(=O)[O-].C[As](C)(C)=O.O=C([O-])CI. The van der Waals surface area contributed by atoms with Crippen molar-refractivity contribution in [3.8, 4) is 0 Å². The summed E-state index contributed by atoms with van der Waals surface area (Å²) in [4.78, 5) is 19.2. The fourth-order valence-electron chi connectivity index (χ4n) is 0.387. The maximum Gasteiger partial charge on any atom is 0.0511 e. The minimum Gasteiger partial charge on any atom is -0.549 e. The molecule has 0 aliphatic rings. The summed E-state index contributed by atoms with van der Waals surface area (Å²) in [5.74, 6) is -1.91. The van der Waals surface area contributed by atoms with E-state index in [0.29, 0.717) is 5.21 Å². The zero-order chi connectivity index (χ0) is 15.6. The first-order chi connectivity index (χ1) is 7.69. The van der Waals surface area contributed by atoms with Crippen LogP contribution in [0.4, 0.5) is 0 Å². The van der Waals surface area contributed by atoms with Crippen molar-refractivity contribution in [3.63, 3.8) is 0 Å². The number of aliphatic carboxylic acids is 2. The summed E-state index contributed by atoms with van der Waals surface area (Å²) in [7, 11) is 0. The van der Waals surface area contributed by atoms with Crippen LogP contribution >= 0.6 is 22.6 Å². The molecule has 0 heterocycles. The molecule has 8 heteroatoms. The van der Waals surface area contributed by atoms with Crippen LogP contribution in [0.3, 0.4) is 0 Å². The normalized spacial score (nSPS) is 9.84. The third kappa shape index (κ3) is 88.8. The molecule has 0 aromatic heterocycles. The predicted octanol–water partition coefficient (Wildman–Crippen LogP) is 1.13. The Bertz CT molecular complexity index is 286. The molecule has 0 spiro atoms. The molecule has 0 saturated carbocycles. The number of rotatable bonds is 3. The Morgan fingerprint density at radius 3 is 1.26 bits per heavy atom. The summed E-state index contributed by atoms with van der Waals surface area (Å²) in [5, 5.41) is 19.5. The van der Waals surface area contributed by atoms with Gasteiger partial charge in [0.15, 0.2) is 0 Å².